The van der Waals surface area contributed by atoms with E-state index in [0.717, 1.165) is 0 Å². The second-order valence-electron chi connectivity index (χ2n) is 6.20. The molecule has 0 saturated heterocycles. The van der Waals surface area contributed by atoms with Crippen LogP contribution >= 0.6 is 0 Å². The quantitative estimate of drug-likeness (QED) is 0.575. The summed E-state index contributed by atoms with van der Waals surface area (Å²) in [6, 6.07) is 10.2. The first kappa shape index (κ1) is 15.0. The second kappa shape index (κ2) is 5.73. The van der Waals surface area contributed by atoms with Crippen molar-refractivity contribution in [3.05, 3.63) is 35.9 Å². The van der Waals surface area contributed by atoms with E-state index in [1.54, 1.807) is 0 Å². The van der Waals surface area contributed by atoms with Gasteiger partial charge in [-0.25, -0.2) is 0 Å². The van der Waals surface area contributed by atoms with Gasteiger partial charge >= 0.3 is 0 Å². The number of hydrogen-bond acceptors (Lipinski definition) is 1. The molecular weight excluding hydrogens is 236 g/mol. The van der Waals surface area contributed by atoms with Crippen LogP contribution in [0.2, 0.25) is 18.1 Å². The molecule has 0 heterocycles. The van der Waals surface area contributed by atoms with Gasteiger partial charge in [-0.3, -0.25) is 0 Å². The van der Waals surface area contributed by atoms with E-state index in [1.165, 1.54) is 5.56 Å². The first-order valence-electron chi connectivity index (χ1n) is 6.43. The summed E-state index contributed by atoms with van der Waals surface area (Å²) in [4.78, 5) is 0. The lowest BCUT2D eigenvalue weighted by atomic mass is 10.0. The van der Waals surface area contributed by atoms with E-state index in [4.69, 9.17) is 10.8 Å². The summed E-state index contributed by atoms with van der Waals surface area (Å²) < 4.78 is 6.20. The zero-order valence-electron chi connectivity index (χ0n) is 12.2. The van der Waals surface area contributed by atoms with Crippen molar-refractivity contribution in [1.82, 2.24) is 0 Å². The van der Waals surface area contributed by atoms with Gasteiger partial charge in [0, 0.05) is 0 Å². The number of benzene rings is 1. The van der Waals surface area contributed by atoms with Gasteiger partial charge in [-0.2, -0.15) is 0 Å². The SMILES string of the molecule is C#CC(CO[Si](C)(C)C(C)(C)C)c1ccccc1. The van der Waals surface area contributed by atoms with Crippen LogP contribution in [-0.2, 0) is 4.43 Å². The Bertz CT molecular complexity index is 409. The largest absolute Gasteiger partial charge is 0.415 e. The molecule has 0 bridgehead atoms. The summed E-state index contributed by atoms with van der Waals surface area (Å²) in [5.41, 5.74) is 1.17. The molecule has 98 valence electrons. The van der Waals surface area contributed by atoms with Gasteiger partial charge in [-0.1, -0.05) is 57.0 Å². The molecule has 0 aliphatic carbocycles. The molecule has 0 N–H and O–H groups in total. The molecule has 1 nitrogen and oxygen atoms in total. The fourth-order valence-electron chi connectivity index (χ4n) is 1.43. The minimum Gasteiger partial charge on any atom is -0.415 e. The third-order valence-electron chi connectivity index (χ3n) is 3.82. The average molecular weight is 260 g/mol. The maximum absolute atomic E-state index is 6.20. The molecule has 0 aliphatic heterocycles. The highest BCUT2D eigenvalue weighted by Gasteiger charge is 2.37. The molecule has 1 aromatic carbocycles. The highest BCUT2D eigenvalue weighted by atomic mass is 28.4. The zero-order chi connectivity index (χ0) is 13.8. The summed E-state index contributed by atoms with van der Waals surface area (Å²) in [5.74, 6) is 2.90. The van der Waals surface area contributed by atoms with Crippen molar-refractivity contribution in [2.45, 2.75) is 44.8 Å². The molecule has 18 heavy (non-hydrogen) atoms. The van der Waals surface area contributed by atoms with Gasteiger partial charge in [0.25, 0.3) is 0 Å². The van der Waals surface area contributed by atoms with Crippen LogP contribution in [0.3, 0.4) is 0 Å². The first-order valence-corrected chi connectivity index (χ1v) is 9.34. The minimum absolute atomic E-state index is 0.0559. The van der Waals surface area contributed by atoms with Gasteiger partial charge in [-0.05, 0) is 23.7 Å². The molecule has 0 aromatic heterocycles. The summed E-state index contributed by atoms with van der Waals surface area (Å²) in [6.07, 6.45) is 5.63. The van der Waals surface area contributed by atoms with E-state index in [0.29, 0.717) is 6.61 Å². The van der Waals surface area contributed by atoms with Crippen LogP contribution in [0.25, 0.3) is 0 Å². The first-order chi connectivity index (χ1) is 8.28. The Morgan fingerprint density at radius 2 is 1.78 bits per heavy atom. The monoisotopic (exact) mass is 260 g/mol. The van der Waals surface area contributed by atoms with Crippen LogP contribution in [0.4, 0.5) is 0 Å². The van der Waals surface area contributed by atoms with E-state index in [-0.39, 0.29) is 11.0 Å². The summed E-state index contributed by atoms with van der Waals surface area (Å²) in [7, 11) is -1.71. The van der Waals surface area contributed by atoms with E-state index in [9.17, 15) is 0 Å². The molecule has 0 radical (unpaired) electrons. The Morgan fingerprint density at radius 3 is 2.22 bits per heavy atom. The van der Waals surface area contributed by atoms with Gasteiger partial charge in [0.05, 0.1) is 12.5 Å². The fourth-order valence-corrected chi connectivity index (χ4v) is 2.45. The van der Waals surface area contributed by atoms with Crippen molar-refractivity contribution >= 4 is 8.32 Å². The molecule has 0 spiro atoms. The molecule has 0 aliphatic rings. The Kier molecular flexibility index (Phi) is 4.78. The number of hydrogen-bond donors (Lipinski definition) is 0. The molecule has 1 aromatic rings. The van der Waals surface area contributed by atoms with Crippen molar-refractivity contribution in [2.75, 3.05) is 6.61 Å². The molecule has 0 saturated carbocycles. The molecule has 1 rings (SSSR count). The molecule has 0 fully saturated rings. The maximum Gasteiger partial charge on any atom is 0.192 e. The van der Waals surface area contributed by atoms with Gasteiger partial charge in [0.2, 0.25) is 0 Å². The number of terminal acetylenes is 1. The maximum atomic E-state index is 6.20. The summed E-state index contributed by atoms with van der Waals surface area (Å²) >= 11 is 0. The van der Waals surface area contributed by atoms with E-state index < -0.39 is 8.32 Å². The third-order valence-corrected chi connectivity index (χ3v) is 8.32. The van der Waals surface area contributed by atoms with Crippen LogP contribution in [0.1, 0.15) is 32.3 Å². The van der Waals surface area contributed by atoms with Crippen molar-refractivity contribution in [3.63, 3.8) is 0 Å². The van der Waals surface area contributed by atoms with Crippen LogP contribution < -0.4 is 0 Å². The Morgan fingerprint density at radius 1 is 1.22 bits per heavy atom. The lowest BCUT2D eigenvalue weighted by Gasteiger charge is -2.36. The Balaban J connectivity index is 2.71. The van der Waals surface area contributed by atoms with Crippen LogP contribution in [0.15, 0.2) is 30.3 Å². The minimum atomic E-state index is -1.71. The number of rotatable bonds is 4. The normalized spacial score (nSPS) is 14.0. The Hall–Kier alpha value is -1.04. The average Bonchev–Trinajstić information content (AvgIpc) is 2.29. The molecule has 1 atom stereocenters. The smallest absolute Gasteiger partial charge is 0.192 e. The van der Waals surface area contributed by atoms with Crippen LogP contribution in [-0.4, -0.2) is 14.9 Å². The molecule has 0 amide bonds. The van der Waals surface area contributed by atoms with Crippen molar-refractivity contribution in [3.8, 4) is 12.3 Å². The van der Waals surface area contributed by atoms with E-state index >= 15 is 0 Å². The van der Waals surface area contributed by atoms with Crippen molar-refractivity contribution in [1.29, 1.82) is 0 Å². The van der Waals surface area contributed by atoms with Crippen LogP contribution in [0.5, 0.6) is 0 Å². The van der Waals surface area contributed by atoms with Gasteiger partial charge in [-0.15, -0.1) is 6.42 Å². The fraction of sp³-hybridized carbons (Fsp3) is 0.500. The molecule has 2 heteroatoms. The summed E-state index contributed by atoms with van der Waals surface area (Å²) in [6.45, 7) is 11.9. The molecule has 1 unspecified atom stereocenters. The highest BCUT2D eigenvalue weighted by molar-refractivity contribution is 6.74. The van der Waals surface area contributed by atoms with Gasteiger partial charge < -0.3 is 4.43 Å². The molecular formula is C16H24OSi. The lowest BCUT2D eigenvalue weighted by molar-refractivity contribution is 0.281. The van der Waals surface area contributed by atoms with Crippen molar-refractivity contribution < 1.29 is 4.43 Å². The predicted octanol–water partition coefficient (Wildman–Crippen LogP) is 4.43. The van der Waals surface area contributed by atoms with Crippen molar-refractivity contribution in [2.24, 2.45) is 0 Å². The predicted molar refractivity (Wildman–Crippen MR) is 81.2 cm³/mol. The highest BCUT2D eigenvalue weighted by Crippen LogP contribution is 2.37. The topological polar surface area (TPSA) is 9.23 Å². The lowest BCUT2D eigenvalue weighted by Crippen LogP contribution is -2.41. The standard InChI is InChI=1S/C16H24OSi/c1-7-14(15-11-9-8-10-12-15)13-17-18(5,6)16(2,3)4/h1,8-12,14H,13H2,2-6H3. The zero-order valence-corrected chi connectivity index (χ0v) is 13.2. The summed E-state index contributed by atoms with van der Waals surface area (Å²) in [5, 5.41) is 0.225. The van der Waals surface area contributed by atoms with E-state index in [2.05, 4.69) is 51.9 Å². The van der Waals surface area contributed by atoms with E-state index in [1.807, 2.05) is 18.2 Å². The third kappa shape index (κ3) is 3.73. The van der Waals surface area contributed by atoms with Crippen LogP contribution in [0, 0.1) is 12.3 Å². The second-order valence-corrected chi connectivity index (χ2v) is 11.0. The van der Waals surface area contributed by atoms with Gasteiger partial charge in [0.1, 0.15) is 0 Å². The van der Waals surface area contributed by atoms with Gasteiger partial charge in [0.15, 0.2) is 8.32 Å². The Labute approximate surface area is 113 Å².